The molecular formula is C17H18FNO2S. The topological polar surface area (TPSA) is 38.3 Å². The minimum atomic E-state index is -0.326. The Labute approximate surface area is 133 Å². The fourth-order valence-corrected chi connectivity index (χ4v) is 2.69. The molecule has 0 radical (unpaired) electrons. The number of halogens is 1. The molecule has 0 heterocycles. The Morgan fingerprint density at radius 2 is 1.91 bits per heavy atom. The lowest BCUT2D eigenvalue weighted by molar-refractivity contribution is -0.115. The molecule has 0 unspecified atom stereocenters. The number of methoxy groups -OCH3 is 1. The Balaban J connectivity index is 1.97. The third kappa shape index (κ3) is 4.24. The molecule has 5 heteroatoms. The number of carbonyl (C=O) groups excluding carboxylic acids is 1. The monoisotopic (exact) mass is 319 g/mol. The molecule has 0 saturated carbocycles. The second-order valence-corrected chi connectivity index (χ2v) is 6.30. The van der Waals surface area contributed by atoms with Crippen LogP contribution in [0.1, 0.15) is 12.5 Å². The van der Waals surface area contributed by atoms with Crippen LogP contribution in [0.4, 0.5) is 10.1 Å². The van der Waals surface area contributed by atoms with Crippen molar-refractivity contribution >= 4 is 23.4 Å². The summed E-state index contributed by atoms with van der Waals surface area (Å²) in [5.41, 5.74) is 1.02. The van der Waals surface area contributed by atoms with Crippen molar-refractivity contribution in [2.45, 2.75) is 24.0 Å². The van der Waals surface area contributed by atoms with Crippen LogP contribution in [0.2, 0.25) is 0 Å². The van der Waals surface area contributed by atoms with Crippen molar-refractivity contribution in [3.63, 3.8) is 0 Å². The zero-order chi connectivity index (χ0) is 16.1. The van der Waals surface area contributed by atoms with E-state index < -0.39 is 0 Å². The van der Waals surface area contributed by atoms with E-state index in [1.165, 1.54) is 17.8 Å². The summed E-state index contributed by atoms with van der Waals surface area (Å²) in [6, 6.07) is 12.2. The van der Waals surface area contributed by atoms with Crippen LogP contribution in [-0.4, -0.2) is 18.3 Å². The van der Waals surface area contributed by atoms with Crippen molar-refractivity contribution in [1.29, 1.82) is 0 Å². The largest absolute Gasteiger partial charge is 0.497 e. The molecule has 0 bridgehead atoms. The molecule has 3 nitrogen and oxygen atoms in total. The Morgan fingerprint density at radius 1 is 1.23 bits per heavy atom. The number of benzene rings is 2. The van der Waals surface area contributed by atoms with Crippen molar-refractivity contribution in [3.8, 4) is 5.75 Å². The van der Waals surface area contributed by atoms with Crippen LogP contribution < -0.4 is 10.1 Å². The molecule has 2 aromatic carbocycles. The molecule has 1 amide bonds. The lowest BCUT2D eigenvalue weighted by Crippen LogP contribution is -2.22. The third-order valence-electron chi connectivity index (χ3n) is 3.18. The molecule has 0 fully saturated rings. The van der Waals surface area contributed by atoms with E-state index in [-0.39, 0.29) is 17.0 Å². The molecule has 2 aromatic rings. The Bertz CT molecular complexity index is 658. The molecular weight excluding hydrogens is 301 g/mol. The SMILES string of the molecule is COc1ccc(S[C@@H](C)C(=O)Nc2ccc(C)c(F)c2)cc1. The van der Waals surface area contributed by atoms with Gasteiger partial charge in [0.2, 0.25) is 5.91 Å². The Kier molecular flexibility index (Phi) is 5.44. The number of ether oxygens (including phenoxy) is 1. The zero-order valence-corrected chi connectivity index (χ0v) is 13.5. The molecule has 0 aliphatic heterocycles. The first-order valence-corrected chi connectivity index (χ1v) is 7.75. The standard InChI is InChI=1S/C17H18FNO2S/c1-11-4-5-13(10-16(11)18)19-17(20)12(2)22-15-8-6-14(21-3)7-9-15/h4-10,12H,1-3H3,(H,19,20)/t12-/m0/s1. The summed E-state index contributed by atoms with van der Waals surface area (Å²) in [7, 11) is 1.61. The van der Waals surface area contributed by atoms with Crippen molar-refractivity contribution in [1.82, 2.24) is 0 Å². The van der Waals surface area contributed by atoms with Crippen molar-refractivity contribution in [2.24, 2.45) is 0 Å². The summed E-state index contributed by atoms with van der Waals surface area (Å²) in [5.74, 6) is 0.286. The summed E-state index contributed by atoms with van der Waals surface area (Å²) < 4.78 is 18.6. The van der Waals surface area contributed by atoms with Gasteiger partial charge in [0.15, 0.2) is 0 Å². The summed E-state index contributed by atoms with van der Waals surface area (Å²) in [6.45, 7) is 3.50. The number of aryl methyl sites for hydroxylation is 1. The van der Waals surface area contributed by atoms with Crippen molar-refractivity contribution in [3.05, 3.63) is 53.8 Å². The highest BCUT2D eigenvalue weighted by Gasteiger charge is 2.15. The van der Waals surface area contributed by atoms with E-state index in [2.05, 4.69) is 5.32 Å². The van der Waals surface area contributed by atoms with Crippen LogP contribution in [0, 0.1) is 12.7 Å². The molecule has 0 aliphatic rings. The molecule has 1 atom stereocenters. The van der Waals surface area contributed by atoms with Gasteiger partial charge in [-0.25, -0.2) is 4.39 Å². The van der Waals surface area contributed by atoms with E-state index in [0.29, 0.717) is 11.3 Å². The van der Waals surface area contributed by atoms with Crippen molar-refractivity contribution < 1.29 is 13.9 Å². The molecule has 1 N–H and O–H groups in total. The number of anilines is 1. The van der Waals surface area contributed by atoms with Gasteiger partial charge in [-0.3, -0.25) is 4.79 Å². The first kappa shape index (κ1) is 16.4. The molecule has 22 heavy (non-hydrogen) atoms. The van der Waals surface area contributed by atoms with Crippen LogP contribution in [-0.2, 0) is 4.79 Å². The number of hydrogen-bond acceptors (Lipinski definition) is 3. The highest BCUT2D eigenvalue weighted by atomic mass is 32.2. The summed E-state index contributed by atoms with van der Waals surface area (Å²) in [6.07, 6.45) is 0. The van der Waals surface area contributed by atoms with Crippen LogP contribution >= 0.6 is 11.8 Å². The predicted octanol–water partition coefficient (Wildman–Crippen LogP) is 4.26. The molecule has 0 aromatic heterocycles. The average molecular weight is 319 g/mol. The maximum absolute atomic E-state index is 13.5. The van der Waals surface area contributed by atoms with Gasteiger partial charge in [0.1, 0.15) is 11.6 Å². The van der Waals surface area contributed by atoms with E-state index in [1.54, 1.807) is 26.2 Å². The first-order valence-electron chi connectivity index (χ1n) is 6.87. The van der Waals surface area contributed by atoms with Gasteiger partial charge >= 0.3 is 0 Å². The van der Waals surface area contributed by atoms with Gasteiger partial charge in [-0.15, -0.1) is 11.8 Å². The quantitative estimate of drug-likeness (QED) is 0.837. The van der Waals surface area contributed by atoms with Crippen LogP contribution in [0.5, 0.6) is 5.75 Å². The fourth-order valence-electron chi connectivity index (χ4n) is 1.83. The summed E-state index contributed by atoms with van der Waals surface area (Å²) >= 11 is 1.44. The van der Waals surface area contributed by atoms with E-state index >= 15 is 0 Å². The number of thioether (sulfide) groups is 1. The van der Waals surface area contributed by atoms with Gasteiger partial charge in [-0.05, 0) is 55.8 Å². The average Bonchev–Trinajstić information content (AvgIpc) is 2.51. The molecule has 116 valence electrons. The summed E-state index contributed by atoms with van der Waals surface area (Å²) in [5, 5.41) is 2.43. The van der Waals surface area contributed by atoms with Crippen LogP contribution in [0.25, 0.3) is 0 Å². The third-order valence-corrected chi connectivity index (χ3v) is 4.29. The second kappa shape index (κ2) is 7.31. The van der Waals surface area contributed by atoms with Crippen molar-refractivity contribution in [2.75, 3.05) is 12.4 Å². The highest BCUT2D eigenvalue weighted by Crippen LogP contribution is 2.26. The number of carbonyl (C=O) groups is 1. The van der Waals surface area contributed by atoms with E-state index in [0.717, 1.165) is 10.6 Å². The van der Waals surface area contributed by atoms with Gasteiger partial charge in [-0.2, -0.15) is 0 Å². The molecule has 0 aliphatic carbocycles. The summed E-state index contributed by atoms with van der Waals surface area (Å²) in [4.78, 5) is 13.1. The normalized spacial score (nSPS) is 11.8. The maximum Gasteiger partial charge on any atom is 0.237 e. The van der Waals surface area contributed by atoms with E-state index in [4.69, 9.17) is 4.74 Å². The Morgan fingerprint density at radius 3 is 2.50 bits per heavy atom. The maximum atomic E-state index is 13.5. The number of amides is 1. The fraction of sp³-hybridized carbons (Fsp3) is 0.235. The molecule has 0 saturated heterocycles. The van der Waals surface area contributed by atoms with Gasteiger partial charge in [0.05, 0.1) is 12.4 Å². The van der Waals surface area contributed by atoms with Gasteiger partial charge in [-0.1, -0.05) is 6.07 Å². The minimum absolute atomic E-state index is 0.163. The van der Waals surface area contributed by atoms with E-state index in [1.807, 2.05) is 31.2 Å². The Hall–Kier alpha value is -2.01. The minimum Gasteiger partial charge on any atom is -0.497 e. The highest BCUT2D eigenvalue weighted by molar-refractivity contribution is 8.00. The number of hydrogen-bond donors (Lipinski definition) is 1. The number of nitrogens with one attached hydrogen (secondary N) is 1. The molecule has 0 spiro atoms. The van der Waals surface area contributed by atoms with Gasteiger partial charge in [0.25, 0.3) is 0 Å². The van der Waals surface area contributed by atoms with Crippen LogP contribution in [0.15, 0.2) is 47.4 Å². The lowest BCUT2D eigenvalue weighted by Gasteiger charge is -2.12. The predicted molar refractivity (Wildman–Crippen MR) is 88.1 cm³/mol. The second-order valence-electron chi connectivity index (χ2n) is 4.89. The smallest absolute Gasteiger partial charge is 0.237 e. The van der Waals surface area contributed by atoms with Crippen LogP contribution in [0.3, 0.4) is 0 Å². The molecule has 2 rings (SSSR count). The first-order chi connectivity index (χ1) is 10.5. The van der Waals surface area contributed by atoms with E-state index in [9.17, 15) is 9.18 Å². The number of rotatable bonds is 5. The zero-order valence-electron chi connectivity index (χ0n) is 12.7. The van der Waals surface area contributed by atoms with Gasteiger partial charge < -0.3 is 10.1 Å². The lowest BCUT2D eigenvalue weighted by atomic mass is 10.2. The van der Waals surface area contributed by atoms with Gasteiger partial charge in [0, 0.05) is 10.6 Å².